The Labute approximate surface area is 181 Å². The lowest BCUT2D eigenvalue weighted by molar-refractivity contribution is 0.0175. The molecule has 1 atom stereocenters. The fourth-order valence-electron chi connectivity index (χ4n) is 3.19. The van der Waals surface area contributed by atoms with Crippen molar-refractivity contribution in [1.82, 2.24) is 9.88 Å². The normalized spacial score (nSPS) is 16.0. The fraction of sp³-hybridized carbons (Fsp3) is 0.348. The van der Waals surface area contributed by atoms with Crippen molar-refractivity contribution < 1.29 is 23.8 Å². The summed E-state index contributed by atoms with van der Waals surface area (Å²) in [6, 6.07) is 8.16. The Morgan fingerprint density at radius 2 is 1.94 bits per heavy atom. The predicted molar refractivity (Wildman–Crippen MR) is 116 cm³/mol. The molecule has 1 aromatic heterocycles. The van der Waals surface area contributed by atoms with E-state index in [0.29, 0.717) is 30.3 Å². The lowest BCUT2D eigenvalue weighted by Gasteiger charge is -2.35. The Balaban J connectivity index is 1.96. The molecular weight excluding hydrogens is 398 g/mol. The molecule has 0 saturated carbocycles. The number of carbonyl (C=O) groups excluding carboxylic acids is 2. The Bertz CT molecular complexity index is 980. The van der Waals surface area contributed by atoms with Crippen LogP contribution in [0.5, 0.6) is 11.5 Å². The number of nitrogens with zero attached hydrogens (tertiary/aromatic N) is 2. The van der Waals surface area contributed by atoms with Gasteiger partial charge >= 0.3 is 12.1 Å². The molecule has 0 spiro atoms. The van der Waals surface area contributed by atoms with E-state index in [0.717, 1.165) is 5.56 Å². The summed E-state index contributed by atoms with van der Waals surface area (Å²) < 4.78 is 16.4. The highest BCUT2D eigenvalue weighted by molar-refractivity contribution is 5.92. The quantitative estimate of drug-likeness (QED) is 0.569. The second-order valence-corrected chi connectivity index (χ2v) is 8.12. The number of rotatable bonds is 4. The zero-order chi connectivity index (χ0) is 22.6. The van der Waals surface area contributed by atoms with Gasteiger partial charge in [-0.25, -0.2) is 14.6 Å². The van der Waals surface area contributed by atoms with Crippen LogP contribution in [0.4, 0.5) is 10.6 Å². The maximum atomic E-state index is 12.8. The Kier molecular flexibility index (Phi) is 6.48. The average Bonchev–Trinajstić information content (AvgIpc) is 2.73. The van der Waals surface area contributed by atoms with Gasteiger partial charge in [-0.3, -0.25) is 4.90 Å². The van der Waals surface area contributed by atoms with Crippen LogP contribution < -0.4 is 10.5 Å². The topological polar surface area (TPSA) is 104 Å². The number of nitrogens with two attached hydrogens (primary N) is 1. The third-order valence-corrected chi connectivity index (χ3v) is 4.62. The van der Waals surface area contributed by atoms with Gasteiger partial charge < -0.3 is 19.9 Å². The maximum absolute atomic E-state index is 12.8. The second-order valence-electron chi connectivity index (χ2n) is 8.12. The van der Waals surface area contributed by atoms with E-state index in [9.17, 15) is 9.59 Å². The van der Waals surface area contributed by atoms with Gasteiger partial charge in [-0.15, -0.1) is 0 Å². The number of esters is 1. The van der Waals surface area contributed by atoms with E-state index in [1.165, 1.54) is 13.3 Å². The zero-order valence-corrected chi connectivity index (χ0v) is 18.1. The van der Waals surface area contributed by atoms with E-state index >= 15 is 0 Å². The number of anilines is 1. The van der Waals surface area contributed by atoms with Gasteiger partial charge in [0.05, 0.1) is 19.3 Å². The number of benzene rings is 1. The van der Waals surface area contributed by atoms with Crippen LogP contribution in [0, 0.1) is 0 Å². The van der Waals surface area contributed by atoms with Crippen LogP contribution in [-0.4, -0.2) is 41.2 Å². The van der Waals surface area contributed by atoms with Crippen LogP contribution >= 0.6 is 0 Å². The molecule has 0 aliphatic carbocycles. The molecule has 2 aromatic rings. The number of amides is 1. The average molecular weight is 425 g/mol. The molecule has 0 saturated heterocycles. The summed E-state index contributed by atoms with van der Waals surface area (Å²) >= 11 is 0. The van der Waals surface area contributed by atoms with Crippen molar-refractivity contribution in [3.05, 3.63) is 59.8 Å². The highest BCUT2D eigenvalue weighted by Gasteiger charge is 2.30. The molecular formula is C23H27N3O5. The molecule has 3 rings (SSSR count). The first-order valence-corrected chi connectivity index (χ1v) is 9.94. The molecule has 1 aliphatic heterocycles. The SMILES string of the molecule is COC(=O)c1ccc(C2CC=CCN2C(=O)OC(C)(C)C)cc1Oc1ccc(N)nc1. The van der Waals surface area contributed by atoms with E-state index in [1.807, 2.05) is 32.9 Å². The molecule has 2 heterocycles. The van der Waals surface area contributed by atoms with Crippen molar-refractivity contribution in [2.75, 3.05) is 19.4 Å². The summed E-state index contributed by atoms with van der Waals surface area (Å²) in [5.41, 5.74) is 6.10. The molecule has 0 radical (unpaired) electrons. The lowest BCUT2D eigenvalue weighted by atomic mass is 9.97. The molecule has 8 heteroatoms. The van der Waals surface area contributed by atoms with Crippen molar-refractivity contribution in [2.45, 2.75) is 38.8 Å². The third kappa shape index (κ3) is 5.53. The molecule has 1 unspecified atom stereocenters. The summed E-state index contributed by atoms with van der Waals surface area (Å²) in [5, 5.41) is 0. The van der Waals surface area contributed by atoms with Gasteiger partial charge in [-0.1, -0.05) is 18.2 Å². The number of carbonyl (C=O) groups is 2. The van der Waals surface area contributed by atoms with Crippen LogP contribution in [0.15, 0.2) is 48.7 Å². The molecule has 2 N–H and O–H groups in total. The van der Waals surface area contributed by atoms with E-state index in [1.54, 1.807) is 35.2 Å². The first-order valence-electron chi connectivity index (χ1n) is 9.94. The molecule has 1 amide bonds. The minimum absolute atomic E-state index is 0.262. The molecule has 1 aliphatic rings. The lowest BCUT2D eigenvalue weighted by Crippen LogP contribution is -2.40. The molecule has 0 bridgehead atoms. The number of hydrogen-bond donors (Lipinski definition) is 1. The first-order chi connectivity index (χ1) is 14.7. The third-order valence-electron chi connectivity index (χ3n) is 4.62. The van der Waals surface area contributed by atoms with Crippen LogP contribution in [0.25, 0.3) is 0 Å². The fourth-order valence-corrected chi connectivity index (χ4v) is 3.19. The van der Waals surface area contributed by atoms with E-state index in [2.05, 4.69) is 4.98 Å². The predicted octanol–water partition coefficient (Wildman–Crippen LogP) is 4.48. The van der Waals surface area contributed by atoms with Gasteiger partial charge in [0.1, 0.15) is 28.5 Å². The van der Waals surface area contributed by atoms with Crippen LogP contribution in [0.2, 0.25) is 0 Å². The van der Waals surface area contributed by atoms with Gasteiger partial charge in [0.2, 0.25) is 0 Å². The minimum atomic E-state index is -0.603. The molecule has 31 heavy (non-hydrogen) atoms. The monoisotopic (exact) mass is 425 g/mol. The van der Waals surface area contributed by atoms with E-state index in [4.69, 9.17) is 19.9 Å². The van der Waals surface area contributed by atoms with E-state index in [-0.39, 0.29) is 11.6 Å². The highest BCUT2D eigenvalue weighted by atomic mass is 16.6. The van der Waals surface area contributed by atoms with Gasteiger partial charge in [0.15, 0.2) is 0 Å². The Morgan fingerprint density at radius 3 is 2.58 bits per heavy atom. The summed E-state index contributed by atoms with van der Waals surface area (Å²) in [6.07, 6.45) is 5.63. The summed E-state index contributed by atoms with van der Waals surface area (Å²) in [4.78, 5) is 30.7. The van der Waals surface area contributed by atoms with Gasteiger partial charge in [-0.2, -0.15) is 0 Å². The molecule has 8 nitrogen and oxygen atoms in total. The Morgan fingerprint density at radius 1 is 1.16 bits per heavy atom. The standard InChI is InChI=1S/C23H27N3O5/c1-23(2,3)31-22(28)26-12-6-5-7-18(26)15-8-10-17(21(27)29-4)19(13-15)30-16-9-11-20(24)25-14-16/h5-6,8-11,13-14,18H,7,12H2,1-4H3,(H2,24,25). The number of ether oxygens (including phenoxy) is 3. The number of pyridine rings is 1. The van der Waals surface area contributed by atoms with Gasteiger partial charge in [-0.05, 0) is 57.0 Å². The van der Waals surface area contributed by atoms with Crippen molar-refractivity contribution in [1.29, 1.82) is 0 Å². The van der Waals surface area contributed by atoms with E-state index < -0.39 is 17.7 Å². The van der Waals surface area contributed by atoms with Crippen molar-refractivity contribution >= 4 is 17.9 Å². The number of hydrogen-bond acceptors (Lipinski definition) is 7. The minimum Gasteiger partial charge on any atom is -0.465 e. The van der Waals surface area contributed by atoms with Crippen LogP contribution in [0.1, 0.15) is 49.2 Å². The van der Waals surface area contributed by atoms with Crippen LogP contribution in [-0.2, 0) is 9.47 Å². The van der Waals surface area contributed by atoms with Gasteiger partial charge in [0, 0.05) is 6.54 Å². The summed E-state index contributed by atoms with van der Waals surface area (Å²) in [5.74, 6) is 0.549. The van der Waals surface area contributed by atoms with Crippen molar-refractivity contribution in [2.24, 2.45) is 0 Å². The van der Waals surface area contributed by atoms with Crippen molar-refractivity contribution in [3.63, 3.8) is 0 Å². The summed E-state index contributed by atoms with van der Waals surface area (Å²) in [7, 11) is 1.31. The smallest absolute Gasteiger partial charge is 0.411 e. The number of aromatic nitrogens is 1. The molecule has 164 valence electrons. The Hall–Kier alpha value is -3.55. The second kappa shape index (κ2) is 9.07. The maximum Gasteiger partial charge on any atom is 0.411 e. The number of methoxy groups -OCH3 is 1. The molecule has 1 aromatic carbocycles. The molecule has 0 fully saturated rings. The van der Waals surface area contributed by atoms with Crippen LogP contribution in [0.3, 0.4) is 0 Å². The zero-order valence-electron chi connectivity index (χ0n) is 18.1. The van der Waals surface area contributed by atoms with Gasteiger partial charge in [0.25, 0.3) is 0 Å². The first kappa shape index (κ1) is 22.1. The highest BCUT2D eigenvalue weighted by Crippen LogP contribution is 2.34. The largest absolute Gasteiger partial charge is 0.465 e. The number of nitrogen functional groups attached to an aromatic ring is 1. The summed E-state index contributed by atoms with van der Waals surface area (Å²) in [6.45, 7) is 5.92. The van der Waals surface area contributed by atoms with Crippen molar-refractivity contribution in [3.8, 4) is 11.5 Å².